The highest BCUT2D eigenvalue weighted by Crippen LogP contribution is 2.34. The first-order valence-corrected chi connectivity index (χ1v) is 11.1. The highest BCUT2D eigenvalue weighted by molar-refractivity contribution is 6.10. The van der Waals surface area contributed by atoms with E-state index in [1.807, 2.05) is 0 Å². The molecule has 0 radical (unpaired) electrons. The van der Waals surface area contributed by atoms with Crippen LogP contribution >= 0.6 is 0 Å². The maximum absolute atomic E-state index is 6.23. The van der Waals surface area contributed by atoms with Crippen molar-refractivity contribution in [3.63, 3.8) is 0 Å². The second kappa shape index (κ2) is 9.82. The van der Waals surface area contributed by atoms with Crippen molar-refractivity contribution in [3.05, 3.63) is 48.5 Å². The standard InChI is InChI=1S/C26H32O2/c1-2-4-6-8-10-19-28-25-13-11-12-21-14-15-22-20-23(16-17-24(22)26(21)25)27-18-9-7-5-3-1/h11-17,20H,1-10,18-19H2. The summed E-state index contributed by atoms with van der Waals surface area (Å²) in [4.78, 5) is 0. The first-order chi connectivity index (χ1) is 13.9. The van der Waals surface area contributed by atoms with Gasteiger partial charge in [0.05, 0.1) is 13.2 Å². The number of rotatable bonds is 0. The zero-order valence-electron chi connectivity index (χ0n) is 16.9. The van der Waals surface area contributed by atoms with E-state index in [0.29, 0.717) is 0 Å². The van der Waals surface area contributed by atoms with Crippen LogP contribution in [0.4, 0.5) is 0 Å². The number of hydrogen-bond donors (Lipinski definition) is 0. The Bertz CT molecular complexity index is 899. The van der Waals surface area contributed by atoms with Crippen LogP contribution in [0, 0.1) is 0 Å². The lowest BCUT2D eigenvalue weighted by molar-refractivity contribution is 0.304. The van der Waals surface area contributed by atoms with Crippen LogP contribution in [0.3, 0.4) is 0 Å². The molecule has 2 heteroatoms. The minimum absolute atomic E-state index is 0.802. The van der Waals surface area contributed by atoms with Crippen molar-refractivity contribution < 1.29 is 9.47 Å². The van der Waals surface area contributed by atoms with Gasteiger partial charge in [-0.2, -0.15) is 0 Å². The van der Waals surface area contributed by atoms with Crippen LogP contribution in [0.5, 0.6) is 11.5 Å². The summed E-state index contributed by atoms with van der Waals surface area (Å²) in [7, 11) is 0. The third-order valence-electron chi connectivity index (χ3n) is 5.86. The van der Waals surface area contributed by atoms with Gasteiger partial charge in [0, 0.05) is 5.39 Å². The second-order valence-electron chi connectivity index (χ2n) is 8.04. The van der Waals surface area contributed by atoms with E-state index in [0.717, 1.165) is 37.6 Å². The summed E-state index contributed by atoms with van der Waals surface area (Å²) < 4.78 is 12.3. The molecule has 0 spiro atoms. The fraction of sp³-hybridized carbons (Fsp3) is 0.462. The van der Waals surface area contributed by atoms with E-state index in [1.54, 1.807) is 0 Å². The minimum Gasteiger partial charge on any atom is -0.494 e. The van der Waals surface area contributed by atoms with Gasteiger partial charge in [-0.3, -0.25) is 0 Å². The molecule has 0 aromatic heterocycles. The molecule has 0 fully saturated rings. The molecule has 0 aliphatic carbocycles. The van der Waals surface area contributed by atoms with Crippen LogP contribution < -0.4 is 9.47 Å². The van der Waals surface area contributed by atoms with Crippen LogP contribution in [0.1, 0.15) is 64.2 Å². The average Bonchev–Trinajstić information content (AvgIpc) is 2.73. The van der Waals surface area contributed by atoms with Gasteiger partial charge in [0.1, 0.15) is 11.5 Å². The summed E-state index contributed by atoms with van der Waals surface area (Å²) in [5.41, 5.74) is 0. The fourth-order valence-corrected chi connectivity index (χ4v) is 4.26. The van der Waals surface area contributed by atoms with Crippen molar-refractivity contribution >= 4 is 21.5 Å². The highest BCUT2D eigenvalue weighted by atomic mass is 16.5. The van der Waals surface area contributed by atoms with E-state index in [4.69, 9.17) is 9.47 Å². The van der Waals surface area contributed by atoms with Crippen molar-refractivity contribution in [3.8, 4) is 11.5 Å². The van der Waals surface area contributed by atoms with Crippen LogP contribution in [0.25, 0.3) is 21.5 Å². The van der Waals surface area contributed by atoms with Gasteiger partial charge in [-0.05, 0) is 53.3 Å². The smallest absolute Gasteiger partial charge is 0.127 e. The van der Waals surface area contributed by atoms with Crippen molar-refractivity contribution in [1.82, 2.24) is 0 Å². The van der Waals surface area contributed by atoms with Gasteiger partial charge in [-0.25, -0.2) is 0 Å². The quantitative estimate of drug-likeness (QED) is 0.375. The van der Waals surface area contributed by atoms with Crippen LogP contribution in [-0.2, 0) is 0 Å². The molecule has 0 N–H and O–H groups in total. The molecule has 3 aromatic carbocycles. The molecule has 2 nitrogen and oxygen atoms in total. The topological polar surface area (TPSA) is 18.5 Å². The first kappa shape index (κ1) is 19.1. The number of hydrogen-bond acceptors (Lipinski definition) is 2. The van der Waals surface area contributed by atoms with Crippen LogP contribution in [0.15, 0.2) is 48.5 Å². The van der Waals surface area contributed by atoms with E-state index in [-0.39, 0.29) is 0 Å². The zero-order chi connectivity index (χ0) is 19.0. The molecule has 0 atom stereocenters. The first-order valence-electron chi connectivity index (χ1n) is 11.1. The predicted octanol–water partition coefficient (Wildman–Crippen LogP) is 7.67. The van der Waals surface area contributed by atoms with E-state index < -0.39 is 0 Å². The SMILES string of the molecule is c1cc2c3c(c1)ccc1cc(ccc13)OCCCCCCCCCCCCO2. The van der Waals surface area contributed by atoms with E-state index in [2.05, 4.69) is 48.5 Å². The maximum Gasteiger partial charge on any atom is 0.127 e. The van der Waals surface area contributed by atoms with E-state index >= 15 is 0 Å². The normalized spacial score (nSPS) is 17.6. The Kier molecular flexibility index (Phi) is 6.70. The van der Waals surface area contributed by atoms with Gasteiger partial charge in [0.2, 0.25) is 0 Å². The summed E-state index contributed by atoms with van der Waals surface area (Å²) >= 11 is 0. The van der Waals surface area contributed by atoms with Crippen molar-refractivity contribution in [2.75, 3.05) is 13.2 Å². The van der Waals surface area contributed by atoms with Crippen LogP contribution in [0.2, 0.25) is 0 Å². The third kappa shape index (κ3) is 4.79. The molecule has 3 aromatic rings. The van der Waals surface area contributed by atoms with Crippen molar-refractivity contribution in [2.24, 2.45) is 0 Å². The van der Waals surface area contributed by atoms with Crippen molar-refractivity contribution in [2.45, 2.75) is 64.2 Å². The third-order valence-corrected chi connectivity index (χ3v) is 5.86. The number of benzene rings is 3. The summed E-state index contributed by atoms with van der Waals surface area (Å²) in [6.45, 7) is 1.62. The summed E-state index contributed by atoms with van der Waals surface area (Å²) in [6.07, 6.45) is 13.0. The Hall–Kier alpha value is -2.22. The van der Waals surface area contributed by atoms with Gasteiger partial charge >= 0.3 is 0 Å². The monoisotopic (exact) mass is 376 g/mol. The molecule has 0 saturated heterocycles. The van der Waals surface area contributed by atoms with E-state index in [9.17, 15) is 0 Å². The molecule has 4 bridgehead atoms. The van der Waals surface area contributed by atoms with Gasteiger partial charge < -0.3 is 9.47 Å². The largest absolute Gasteiger partial charge is 0.494 e. The predicted molar refractivity (Wildman–Crippen MR) is 119 cm³/mol. The molecule has 5 rings (SSSR count). The average molecular weight is 377 g/mol. The van der Waals surface area contributed by atoms with Crippen LogP contribution in [-0.4, -0.2) is 13.2 Å². The molecule has 148 valence electrons. The van der Waals surface area contributed by atoms with Gasteiger partial charge in [-0.1, -0.05) is 75.6 Å². The maximum atomic E-state index is 6.23. The lowest BCUT2D eigenvalue weighted by Crippen LogP contribution is -1.99. The minimum atomic E-state index is 0.802. The number of ether oxygens (including phenoxy) is 2. The highest BCUT2D eigenvalue weighted by Gasteiger charge is 2.08. The fourth-order valence-electron chi connectivity index (χ4n) is 4.26. The summed E-state index contributed by atoms with van der Waals surface area (Å²) in [5.74, 6) is 1.98. The molecular weight excluding hydrogens is 344 g/mol. The molecule has 0 unspecified atom stereocenters. The lowest BCUT2D eigenvalue weighted by atomic mass is 10.0. The van der Waals surface area contributed by atoms with Gasteiger partial charge in [0.15, 0.2) is 0 Å². The second-order valence-corrected chi connectivity index (χ2v) is 8.04. The van der Waals surface area contributed by atoms with E-state index in [1.165, 1.54) is 72.9 Å². The molecule has 2 aliphatic heterocycles. The lowest BCUT2D eigenvalue weighted by Gasteiger charge is -2.13. The van der Waals surface area contributed by atoms with Gasteiger partial charge in [0.25, 0.3) is 0 Å². The number of fused-ring (bicyclic) bond motifs is 14. The zero-order valence-corrected chi connectivity index (χ0v) is 16.9. The Labute approximate surface area is 168 Å². The summed E-state index contributed by atoms with van der Waals surface area (Å²) in [5, 5.41) is 4.92. The molecular formula is C26H32O2. The molecule has 0 amide bonds. The Morgan fingerprint density at radius 1 is 0.536 bits per heavy atom. The Morgan fingerprint density at radius 3 is 1.93 bits per heavy atom. The molecule has 28 heavy (non-hydrogen) atoms. The van der Waals surface area contributed by atoms with Gasteiger partial charge in [-0.15, -0.1) is 0 Å². The Morgan fingerprint density at radius 2 is 1.18 bits per heavy atom. The van der Waals surface area contributed by atoms with Crippen molar-refractivity contribution in [1.29, 1.82) is 0 Å². The summed E-state index contributed by atoms with van der Waals surface area (Å²) in [6, 6.07) is 17.2. The Balaban J connectivity index is 1.60. The molecule has 2 heterocycles. The molecule has 2 aliphatic rings. The molecule has 0 saturated carbocycles.